The number of H-pyrrole nitrogens is 1. The van der Waals surface area contributed by atoms with Crippen LogP contribution >= 0.6 is 11.6 Å². The Kier molecular flexibility index (Phi) is 5.49. The number of amidine groups is 1. The summed E-state index contributed by atoms with van der Waals surface area (Å²) in [4.78, 5) is 10.9. The van der Waals surface area contributed by atoms with E-state index >= 15 is 0 Å². The average Bonchev–Trinajstić information content (AvgIpc) is 3.21. The molecule has 2 aromatic heterocycles. The van der Waals surface area contributed by atoms with Crippen molar-refractivity contribution < 1.29 is 18.4 Å². The highest BCUT2D eigenvalue weighted by Crippen LogP contribution is 2.28. The summed E-state index contributed by atoms with van der Waals surface area (Å²) in [6, 6.07) is 9.37. The molecule has 4 N–H and O–H groups in total. The summed E-state index contributed by atoms with van der Waals surface area (Å²) in [5, 5.41) is 21.7. The summed E-state index contributed by atoms with van der Waals surface area (Å²) in [7, 11) is 0. The van der Waals surface area contributed by atoms with Crippen LogP contribution in [0.3, 0.4) is 0 Å². The second kappa shape index (κ2) is 8.25. The lowest BCUT2D eigenvalue weighted by atomic mass is 10.1. The van der Waals surface area contributed by atoms with E-state index in [0.29, 0.717) is 10.8 Å². The first kappa shape index (κ1) is 20.6. The molecule has 2 heterocycles. The standard InChI is InChI=1S/C20H14ClF3N6O/c21-13-7-11(4-5-14(13)22)30(31)19(25)12-8-15(23)16(24)18-17(12)28-20(29-18)27-9-10-3-1-2-6-26-10/h1-8,25,31H,9H2,(H2,27,28,29). The van der Waals surface area contributed by atoms with Crippen molar-refractivity contribution in [2.75, 3.05) is 10.4 Å². The molecule has 0 spiro atoms. The second-order valence-electron chi connectivity index (χ2n) is 6.46. The van der Waals surface area contributed by atoms with E-state index in [4.69, 9.17) is 17.0 Å². The number of rotatable bonds is 5. The molecular formula is C20H14ClF3N6O. The fourth-order valence-corrected chi connectivity index (χ4v) is 3.08. The van der Waals surface area contributed by atoms with Crippen LogP contribution in [0.2, 0.25) is 5.02 Å². The van der Waals surface area contributed by atoms with Gasteiger partial charge in [0.1, 0.15) is 11.3 Å². The topological polar surface area (TPSA) is 101 Å². The Balaban J connectivity index is 1.69. The van der Waals surface area contributed by atoms with Gasteiger partial charge in [-0.15, -0.1) is 0 Å². The summed E-state index contributed by atoms with van der Waals surface area (Å²) >= 11 is 5.72. The average molecular weight is 447 g/mol. The van der Waals surface area contributed by atoms with Gasteiger partial charge in [0.05, 0.1) is 28.5 Å². The van der Waals surface area contributed by atoms with Crippen molar-refractivity contribution in [2.24, 2.45) is 0 Å². The molecule has 0 atom stereocenters. The molecule has 0 fully saturated rings. The molecule has 0 aliphatic rings. The van der Waals surface area contributed by atoms with Crippen molar-refractivity contribution in [3.8, 4) is 0 Å². The van der Waals surface area contributed by atoms with Gasteiger partial charge in [-0.1, -0.05) is 17.7 Å². The molecule has 31 heavy (non-hydrogen) atoms. The van der Waals surface area contributed by atoms with Gasteiger partial charge in [-0.25, -0.2) is 23.2 Å². The fraction of sp³-hybridized carbons (Fsp3) is 0.0500. The number of aromatic amines is 1. The lowest BCUT2D eigenvalue weighted by Crippen LogP contribution is -2.27. The van der Waals surface area contributed by atoms with Crippen LogP contribution in [0.1, 0.15) is 11.3 Å². The summed E-state index contributed by atoms with van der Waals surface area (Å²) in [6.45, 7) is 0.262. The van der Waals surface area contributed by atoms with Crippen LogP contribution in [0.5, 0.6) is 0 Å². The van der Waals surface area contributed by atoms with E-state index < -0.39 is 23.3 Å². The number of pyridine rings is 1. The predicted molar refractivity (Wildman–Crippen MR) is 110 cm³/mol. The maximum Gasteiger partial charge on any atom is 0.201 e. The monoisotopic (exact) mass is 446 g/mol. The van der Waals surface area contributed by atoms with Crippen molar-refractivity contribution >= 4 is 40.1 Å². The highest BCUT2D eigenvalue weighted by atomic mass is 35.5. The van der Waals surface area contributed by atoms with Crippen LogP contribution in [-0.2, 0) is 6.54 Å². The molecule has 158 valence electrons. The lowest BCUT2D eigenvalue weighted by Gasteiger charge is -2.18. The van der Waals surface area contributed by atoms with Crippen molar-refractivity contribution in [1.82, 2.24) is 15.0 Å². The highest BCUT2D eigenvalue weighted by Gasteiger charge is 2.23. The summed E-state index contributed by atoms with van der Waals surface area (Å²) in [6.07, 6.45) is 1.61. The zero-order valence-electron chi connectivity index (χ0n) is 15.6. The van der Waals surface area contributed by atoms with E-state index in [0.717, 1.165) is 18.2 Å². The molecule has 0 aliphatic carbocycles. The van der Waals surface area contributed by atoms with Gasteiger partial charge in [-0.2, -0.15) is 0 Å². The van der Waals surface area contributed by atoms with Crippen LogP contribution in [0.15, 0.2) is 48.7 Å². The van der Waals surface area contributed by atoms with E-state index in [1.807, 2.05) is 0 Å². The van der Waals surface area contributed by atoms with Gasteiger partial charge in [0, 0.05) is 11.8 Å². The minimum Gasteiger partial charge on any atom is -0.350 e. The first-order valence-electron chi connectivity index (χ1n) is 8.89. The molecule has 0 bridgehead atoms. The molecule has 0 unspecified atom stereocenters. The van der Waals surface area contributed by atoms with Gasteiger partial charge in [0.25, 0.3) is 0 Å². The number of nitrogens with one attached hydrogen (secondary N) is 3. The van der Waals surface area contributed by atoms with Crippen molar-refractivity contribution in [3.63, 3.8) is 0 Å². The minimum absolute atomic E-state index is 0.0142. The molecule has 4 aromatic rings. The van der Waals surface area contributed by atoms with Crippen molar-refractivity contribution in [2.45, 2.75) is 6.54 Å². The summed E-state index contributed by atoms with van der Waals surface area (Å²) in [5.74, 6) is -3.65. The van der Waals surface area contributed by atoms with Crippen LogP contribution in [0, 0.1) is 22.9 Å². The molecule has 0 saturated carbocycles. The van der Waals surface area contributed by atoms with Crippen molar-refractivity contribution in [3.05, 3.63) is 82.4 Å². The van der Waals surface area contributed by atoms with E-state index in [9.17, 15) is 18.4 Å². The molecule has 0 saturated heterocycles. The quantitative estimate of drug-likeness (QED) is 0.199. The second-order valence-corrected chi connectivity index (χ2v) is 6.87. The number of fused-ring (bicyclic) bond motifs is 1. The third-order valence-corrected chi connectivity index (χ3v) is 4.73. The number of hydrogen-bond donors (Lipinski definition) is 4. The smallest absolute Gasteiger partial charge is 0.201 e. The zero-order chi connectivity index (χ0) is 22.1. The minimum atomic E-state index is -1.25. The molecular weight excluding hydrogens is 433 g/mol. The number of hydroxylamine groups is 1. The Bertz CT molecular complexity index is 1280. The first-order valence-corrected chi connectivity index (χ1v) is 9.27. The number of halogens is 4. The number of anilines is 2. The Morgan fingerprint density at radius 1 is 1.16 bits per heavy atom. The largest absolute Gasteiger partial charge is 0.350 e. The van der Waals surface area contributed by atoms with Gasteiger partial charge in [-0.05, 0) is 36.4 Å². The molecule has 0 radical (unpaired) electrons. The third-order valence-electron chi connectivity index (χ3n) is 4.44. The molecule has 7 nitrogen and oxygen atoms in total. The number of aromatic nitrogens is 3. The van der Waals surface area contributed by atoms with Gasteiger partial charge < -0.3 is 10.3 Å². The number of nitrogens with zero attached hydrogens (tertiary/aromatic N) is 3. The SMILES string of the molecule is N=C(c1cc(F)c(F)c2nc(NCc3ccccn3)[nH]c12)N(O)c1ccc(F)c(Cl)c1. The van der Waals surface area contributed by atoms with Crippen LogP contribution in [0.25, 0.3) is 11.0 Å². The van der Waals surface area contributed by atoms with Crippen LogP contribution in [0.4, 0.5) is 24.8 Å². The third kappa shape index (κ3) is 4.03. The Hall–Kier alpha value is -3.63. The maximum atomic E-state index is 14.3. The Morgan fingerprint density at radius 2 is 1.97 bits per heavy atom. The lowest BCUT2D eigenvalue weighted by molar-refractivity contribution is 0.312. The van der Waals surface area contributed by atoms with Gasteiger partial charge in [-0.3, -0.25) is 15.6 Å². The van der Waals surface area contributed by atoms with Crippen LogP contribution < -0.4 is 10.4 Å². The molecule has 0 amide bonds. The highest BCUT2D eigenvalue weighted by molar-refractivity contribution is 6.31. The maximum absolute atomic E-state index is 14.3. The van der Waals surface area contributed by atoms with E-state index in [2.05, 4.69) is 20.3 Å². The normalized spacial score (nSPS) is 11.0. The van der Waals surface area contributed by atoms with Crippen molar-refractivity contribution in [1.29, 1.82) is 5.41 Å². The van der Waals surface area contributed by atoms with Gasteiger partial charge >= 0.3 is 0 Å². The van der Waals surface area contributed by atoms with E-state index in [1.165, 1.54) is 6.07 Å². The Morgan fingerprint density at radius 3 is 2.68 bits per heavy atom. The number of benzene rings is 2. The van der Waals surface area contributed by atoms with Gasteiger partial charge in [0.15, 0.2) is 17.5 Å². The van der Waals surface area contributed by atoms with E-state index in [1.54, 1.807) is 24.4 Å². The zero-order valence-corrected chi connectivity index (χ0v) is 16.4. The van der Waals surface area contributed by atoms with Crippen LogP contribution in [-0.4, -0.2) is 26.0 Å². The number of hydrogen-bond acceptors (Lipinski definition) is 5. The Labute approximate surface area is 178 Å². The first-order chi connectivity index (χ1) is 14.8. The van der Waals surface area contributed by atoms with E-state index in [-0.39, 0.29) is 39.8 Å². The summed E-state index contributed by atoms with van der Waals surface area (Å²) < 4.78 is 41.9. The molecule has 11 heteroatoms. The molecule has 2 aromatic carbocycles. The molecule has 0 aliphatic heterocycles. The predicted octanol–water partition coefficient (Wildman–Crippen LogP) is 4.86. The molecule has 4 rings (SSSR count). The van der Waals surface area contributed by atoms with Gasteiger partial charge in [0.2, 0.25) is 5.95 Å². The number of imidazole rings is 1. The fourth-order valence-electron chi connectivity index (χ4n) is 2.91. The summed E-state index contributed by atoms with van der Waals surface area (Å²) in [5.41, 5.74) is 0.114.